The van der Waals surface area contributed by atoms with Crippen molar-refractivity contribution in [2.75, 3.05) is 13.2 Å². The SMILES string of the molecule is C[C@]12CCCN(C(=O)COc3ccc(F)cc3)[C@H]1CCCC(=O)N2. The van der Waals surface area contributed by atoms with E-state index < -0.39 is 0 Å². The largest absolute Gasteiger partial charge is 0.484 e. The number of piperidine rings is 1. The summed E-state index contributed by atoms with van der Waals surface area (Å²) < 4.78 is 18.4. The fourth-order valence-electron chi connectivity index (χ4n) is 3.80. The molecule has 1 aromatic carbocycles. The lowest BCUT2D eigenvalue weighted by Gasteiger charge is -2.47. The van der Waals surface area contributed by atoms with Crippen LogP contribution in [0.2, 0.25) is 0 Å². The Morgan fingerprint density at radius 3 is 2.88 bits per heavy atom. The molecule has 0 spiro atoms. The molecule has 0 bridgehead atoms. The van der Waals surface area contributed by atoms with Crippen LogP contribution in [0.25, 0.3) is 0 Å². The summed E-state index contributed by atoms with van der Waals surface area (Å²) >= 11 is 0. The van der Waals surface area contributed by atoms with Crippen LogP contribution in [0.3, 0.4) is 0 Å². The Hall–Kier alpha value is -2.11. The minimum absolute atomic E-state index is 0.00187. The van der Waals surface area contributed by atoms with Gasteiger partial charge in [-0.05, 0) is 56.9 Å². The van der Waals surface area contributed by atoms with Gasteiger partial charge in [-0.15, -0.1) is 0 Å². The van der Waals surface area contributed by atoms with Crippen molar-refractivity contribution in [2.24, 2.45) is 0 Å². The highest BCUT2D eigenvalue weighted by Gasteiger charge is 2.44. The first-order chi connectivity index (χ1) is 11.5. The van der Waals surface area contributed by atoms with Crippen LogP contribution < -0.4 is 10.1 Å². The van der Waals surface area contributed by atoms with Crippen LogP contribution in [0.4, 0.5) is 4.39 Å². The molecule has 1 aromatic rings. The maximum atomic E-state index is 12.9. The predicted octanol–water partition coefficient (Wildman–Crippen LogP) is 2.25. The Morgan fingerprint density at radius 2 is 2.12 bits per heavy atom. The molecular weight excluding hydrogens is 311 g/mol. The molecule has 130 valence electrons. The summed E-state index contributed by atoms with van der Waals surface area (Å²) in [7, 11) is 0. The molecule has 6 heteroatoms. The van der Waals surface area contributed by atoms with Crippen molar-refractivity contribution in [3.63, 3.8) is 0 Å². The first-order valence-corrected chi connectivity index (χ1v) is 8.47. The van der Waals surface area contributed by atoms with Gasteiger partial charge in [0, 0.05) is 13.0 Å². The van der Waals surface area contributed by atoms with Crippen molar-refractivity contribution in [3.8, 4) is 5.75 Å². The molecule has 24 heavy (non-hydrogen) atoms. The monoisotopic (exact) mass is 334 g/mol. The molecule has 3 rings (SSSR count). The molecule has 0 saturated carbocycles. The van der Waals surface area contributed by atoms with Gasteiger partial charge in [-0.1, -0.05) is 0 Å². The number of fused-ring (bicyclic) bond motifs is 1. The van der Waals surface area contributed by atoms with E-state index in [0.29, 0.717) is 18.7 Å². The number of hydrogen-bond donors (Lipinski definition) is 1. The molecule has 2 saturated heterocycles. The molecule has 2 amide bonds. The smallest absolute Gasteiger partial charge is 0.260 e. The fraction of sp³-hybridized carbons (Fsp3) is 0.556. The predicted molar refractivity (Wildman–Crippen MR) is 87.0 cm³/mol. The van der Waals surface area contributed by atoms with E-state index in [1.807, 2.05) is 11.8 Å². The Morgan fingerprint density at radius 1 is 1.38 bits per heavy atom. The zero-order valence-electron chi connectivity index (χ0n) is 13.9. The van der Waals surface area contributed by atoms with Crippen LogP contribution >= 0.6 is 0 Å². The molecule has 2 atom stereocenters. The number of nitrogens with one attached hydrogen (secondary N) is 1. The Labute approximate surface area is 141 Å². The molecule has 2 fully saturated rings. The minimum Gasteiger partial charge on any atom is -0.484 e. The Kier molecular flexibility index (Phi) is 4.73. The highest BCUT2D eigenvalue weighted by Crippen LogP contribution is 2.33. The molecule has 2 aliphatic rings. The maximum absolute atomic E-state index is 12.9. The third-order valence-electron chi connectivity index (χ3n) is 5.01. The van der Waals surface area contributed by atoms with E-state index >= 15 is 0 Å². The van der Waals surface area contributed by atoms with E-state index in [0.717, 1.165) is 25.7 Å². The number of hydrogen-bond acceptors (Lipinski definition) is 3. The van der Waals surface area contributed by atoms with Gasteiger partial charge < -0.3 is 15.0 Å². The fourth-order valence-corrected chi connectivity index (χ4v) is 3.80. The number of carbonyl (C=O) groups excluding carboxylic acids is 2. The van der Waals surface area contributed by atoms with Gasteiger partial charge in [0.2, 0.25) is 5.91 Å². The lowest BCUT2D eigenvalue weighted by atomic mass is 9.81. The van der Waals surface area contributed by atoms with Gasteiger partial charge in [-0.2, -0.15) is 0 Å². The maximum Gasteiger partial charge on any atom is 0.260 e. The summed E-state index contributed by atoms with van der Waals surface area (Å²) in [5.74, 6) is 0.108. The lowest BCUT2D eigenvalue weighted by Crippen LogP contribution is -2.64. The quantitative estimate of drug-likeness (QED) is 0.922. The van der Waals surface area contributed by atoms with E-state index in [1.54, 1.807) is 0 Å². The van der Waals surface area contributed by atoms with E-state index in [4.69, 9.17) is 4.74 Å². The van der Waals surface area contributed by atoms with Crippen molar-refractivity contribution in [1.82, 2.24) is 10.2 Å². The molecule has 0 unspecified atom stereocenters. The van der Waals surface area contributed by atoms with Crippen LogP contribution in [0.15, 0.2) is 24.3 Å². The molecule has 0 aliphatic carbocycles. The molecule has 2 heterocycles. The summed E-state index contributed by atoms with van der Waals surface area (Å²) in [5, 5.41) is 3.11. The van der Waals surface area contributed by atoms with Crippen molar-refractivity contribution >= 4 is 11.8 Å². The van der Waals surface area contributed by atoms with E-state index in [9.17, 15) is 14.0 Å². The average Bonchev–Trinajstić information content (AvgIpc) is 2.70. The topological polar surface area (TPSA) is 58.6 Å². The molecule has 0 radical (unpaired) electrons. The number of amides is 2. The Balaban J connectivity index is 1.67. The van der Waals surface area contributed by atoms with Crippen molar-refractivity contribution in [2.45, 2.75) is 50.6 Å². The highest BCUT2D eigenvalue weighted by molar-refractivity contribution is 5.80. The standard InChI is InChI=1S/C18H23FN2O3/c1-18-10-3-11-21(15(18)4-2-5-16(22)20-18)17(23)12-24-14-8-6-13(19)7-9-14/h6-9,15H,2-5,10-12H2,1H3,(H,20,22)/t15-,18-/m0/s1. The van der Waals surface area contributed by atoms with Crippen molar-refractivity contribution < 1.29 is 18.7 Å². The normalized spacial score (nSPS) is 27.0. The third-order valence-corrected chi connectivity index (χ3v) is 5.01. The van der Waals surface area contributed by atoms with Gasteiger partial charge in [-0.25, -0.2) is 4.39 Å². The number of rotatable bonds is 3. The minimum atomic E-state index is -0.364. The first-order valence-electron chi connectivity index (χ1n) is 8.47. The van der Waals surface area contributed by atoms with Crippen LogP contribution in [-0.4, -0.2) is 41.4 Å². The summed E-state index contributed by atoms with van der Waals surface area (Å²) in [6, 6.07) is 5.63. The third kappa shape index (κ3) is 3.52. The summed E-state index contributed by atoms with van der Waals surface area (Å²) in [5.41, 5.74) is -0.364. The van der Waals surface area contributed by atoms with Gasteiger partial charge in [-0.3, -0.25) is 9.59 Å². The van der Waals surface area contributed by atoms with Gasteiger partial charge in [0.05, 0.1) is 11.6 Å². The number of nitrogens with zero attached hydrogens (tertiary/aromatic N) is 1. The van der Waals surface area contributed by atoms with E-state index in [1.165, 1.54) is 24.3 Å². The molecule has 5 nitrogen and oxygen atoms in total. The van der Waals surface area contributed by atoms with Gasteiger partial charge >= 0.3 is 0 Å². The van der Waals surface area contributed by atoms with Crippen LogP contribution in [-0.2, 0) is 9.59 Å². The second kappa shape index (κ2) is 6.79. The average molecular weight is 334 g/mol. The van der Waals surface area contributed by atoms with Crippen molar-refractivity contribution in [1.29, 1.82) is 0 Å². The summed E-state index contributed by atoms with van der Waals surface area (Å²) in [6.07, 6.45) is 3.86. The van der Waals surface area contributed by atoms with Crippen LogP contribution in [0, 0.1) is 5.82 Å². The summed E-state index contributed by atoms with van der Waals surface area (Å²) in [4.78, 5) is 26.4. The number of benzene rings is 1. The van der Waals surface area contributed by atoms with E-state index in [2.05, 4.69) is 5.32 Å². The van der Waals surface area contributed by atoms with Crippen molar-refractivity contribution in [3.05, 3.63) is 30.1 Å². The van der Waals surface area contributed by atoms with Crippen LogP contribution in [0.5, 0.6) is 5.75 Å². The number of ether oxygens (including phenoxy) is 1. The van der Waals surface area contributed by atoms with Gasteiger partial charge in [0.25, 0.3) is 5.91 Å². The number of carbonyl (C=O) groups is 2. The van der Waals surface area contributed by atoms with Crippen LogP contribution in [0.1, 0.15) is 39.0 Å². The molecular formula is C18H23FN2O3. The summed E-state index contributed by atoms with van der Waals surface area (Å²) in [6.45, 7) is 2.63. The van der Waals surface area contributed by atoms with Gasteiger partial charge in [0.1, 0.15) is 11.6 Å². The molecule has 0 aromatic heterocycles. The number of halogens is 1. The zero-order valence-corrected chi connectivity index (χ0v) is 13.9. The highest BCUT2D eigenvalue weighted by atomic mass is 19.1. The Bertz CT molecular complexity index is 619. The van der Waals surface area contributed by atoms with E-state index in [-0.39, 0.29) is 35.8 Å². The molecule has 1 N–H and O–H groups in total. The number of likely N-dealkylation sites (tertiary alicyclic amines) is 1. The second-order valence-electron chi connectivity index (χ2n) is 6.81. The second-order valence-corrected chi connectivity index (χ2v) is 6.81. The first kappa shape index (κ1) is 16.7. The lowest BCUT2D eigenvalue weighted by molar-refractivity contribution is -0.141. The molecule has 2 aliphatic heterocycles. The zero-order chi connectivity index (χ0) is 17.2. The van der Waals surface area contributed by atoms with Gasteiger partial charge in [0.15, 0.2) is 6.61 Å².